The van der Waals surface area contributed by atoms with Gasteiger partial charge in [0.15, 0.2) is 11.5 Å². The topological polar surface area (TPSA) is 90.3 Å². The number of fused-ring (bicyclic) bond motifs is 2. The van der Waals surface area contributed by atoms with Crippen molar-refractivity contribution in [1.29, 1.82) is 0 Å². The Morgan fingerprint density at radius 3 is 2.77 bits per heavy atom. The van der Waals surface area contributed by atoms with Gasteiger partial charge >= 0.3 is 0 Å². The fourth-order valence-electron chi connectivity index (χ4n) is 3.76. The molecular weight excluding hydrogens is 382 g/mol. The Labute approximate surface area is 173 Å². The molecule has 0 radical (unpaired) electrons. The smallest absolute Gasteiger partial charge is 0.255 e. The Morgan fingerprint density at radius 1 is 1.13 bits per heavy atom. The van der Waals surface area contributed by atoms with Gasteiger partial charge in [0.05, 0.1) is 18.8 Å². The third-order valence-electron chi connectivity index (χ3n) is 5.16. The summed E-state index contributed by atoms with van der Waals surface area (Å²) in [7, 11) is 0. The number of anilines is 2. The van der Waals surface area contributed by atoms with Gasteiger partial charge in [-0.3, -0.25) is 4.79 Å². The molecule has 8 heteroatoms. The van der Waals surface area contributed by atoms with E-state index in [0.717, 1.165) is 23.4 Å². The van der Waals surface area contributed by atoms with Crippen LogP contribution in [0.4, 0.5) is 11.6 Å². The van der Waals surface area contributed by atoms with E-state index in [4.69, 9.17) is 9.47 Å². The Balaban J connectivity index is 1.57. The summed E-state index contributed by atoms with van der Waals surface area (Å²) in [5, 5.41) is 10.5. The van der Waals surface area contributed by atoms with E-state index >= 15 is 0 Å². The van der Waals surface area contributed by atoms with Crippen molar-refractivity contribution in [2.24, 2.45) is 0 Å². The first-order valence-electron chi connectivity index (χ1n) is 9.84. The van der Waals surface area contributed by atoms with E-state index in [0.29, 0.717) is 36.2 Å². The molecule has 30 heavy (non-hydrogen) atoms. The molecule has 2 aliphatic rings. The molecular formula is C22H21N5O3. The highest BCUT2D eigenvalue weighted by molar-refractivity contribution is 6.06. The minimum atomic E-state index is -0.454. The fraction of sp³-hybridized carbons (Fsp3) is 0.227. The second-order valence-electron chi connectivity index (χ2n) is 7.17. The predicted octanol–water partition coefficient (Wildman–Crippen LogP) is 3.37. The quantitative estimate of drug-likeness (QED) is 0.697. The van der Waals surface area contributed by atoms with Crippen molar-refractivity contribution in [2.75, 3.05) is 23.8 Å². The van der Waals surface area contributed by atoms with Crippen LogP contribution in [0.2, 0.25) is 0 Å². The maximum absolute atomic E-state index is 13.3. The van der Waals surface area contributed by atoms with Crippen LogP contribution in [0.15, 0.2) is 66.1 Å². The van der Waals surface area contributed by atoms with E-state index in [1.165, 1.54) is 6.33 Å². The molecule has 2 aromatic carbocycles. The van der Waals surface area contributed by atoms with Crippen LogP contribution in [0.5, 0.6) is 11.5 Å². The Hall–Kier alpha value is -3.81. The van der Waals surface area contributed by atoms with Crippen LogP contribution in [0.3, 0.4) is 0 Å². The molecule has 0 bridgehead atoms. The fourth-order valence-corrected chi connectivity index (χ4v) is 3.76. The van der Waals surface area contributed by atoms with Gasteiger partial charge in [0.2, 0.25) is 5.95 Å². The number of rotatable bonds is 3. The maximum atomic E-state index is 13.3. The third kappa shape index (κ3) is 3.26. The van der Waals surface area contributed by atoms with Crippen LogP contribution in [-0.2, 0) is 4.79 Å². The summed E-state index contributed by atoms with van der Waals surface area (Å²) >= 11 is 0. The molecule has 2 N–H and O–H groups in total. The summed E-state index contributed by atoms with van der Waals surface area (Å²) < 4.78 is 13.3. The van der Waals surface area contributed by atoms with Crippen molar-refractivity contribution < 1.29 is 14.3 Å². The third-order valence-corrected chi connectivity index (χ3v) is 5.16. The number of carbonyl (C=O) groups excluding carboxylic acids is 1. The minimum Gasteiger partial charge on any atom is -0.490 e. The molecule has 152 valence electrons. The van der Waals surface area contributed by atoms with Crippen molar-refractivity contribution in [1.82, 2.24) is 14.8 Å². The van der Waals surface area contributed by atoms with E-state index in [1.54, 1.807) is 4.68 Å². The second kappa shape index (κ2) is 7.55. The molecule has 1 atom stereocenters. The van der Waals surface area contributed by atoms with Crippen molar-refractivity contribution in [2.45, 2.75) is 19.4 Å². The Morgan fingerprint density at radius 2 is 1.93 bits per heavy atom. The van der Waals surface area contributed by atoms with Crippen LogP contribution in [0.25, 0.3) is 0 Å². The lowest BCUT2D eigenvalue weighted by Gasteiger charge is -2.29. The van der Waals surface area contributed by atoms with Gasteiger partial charge in [0.25, 0.3) is 5.91 Å². The van der Waals surface area contributed by atoms with Gasteiger partial charge in [0.1, 0.15) is 12.4 Å². The van der Waals surface area contributed by atoms with Gasteiger partial charge in [-0.1, -0.05) is 24.3 Å². The van der Waals surface area contributed by atoms with E-state index in [9.17, 15) is 4.79 Å². The number of amides is 1. The average molecular weight is 403 g/mol. The monoisotopic (exact) mass is 403 g/mol. The number of aromatic nitrogens is 3. The van der Waals surface area contributed by atoms with Crippen LogP contribution in [0, 0.1) is 0 Å². The molecule has 0 saturated heterocycles. The maximum Gasteiger partial charge on any atom is 0.255 e. The number of carbonyl (C=O) groups is 1. The van der Waals surface area contributed by atoms with Crippen LogP contribution in [-0.4, -0.2) is 33.9 Å². The number of hydrogen-bond donors (Lipinski definition) is 2. The zero-order chi connectivity index (χ0) is 20.5. The zero-order valence-corrected chi connectivity index (χ0v) is 16.5. The Kier molecular flexibility index (Phi) is 4.59. The first-order chi connectivity index (χ1) is 14.7. The molecule has 0 fully saturated rings. The second-order valence-corrected chi connectivity index (χ2v) is 7.17. The largest absolute Gasteiger partial charge is 0.490 e. The molecule has 0 aliphatic carbocycles. The lowest BCUT2D eigenvalue weighted by Crippen LogP contribution is -2.31. The van der Waals surface area contributed by atoms with E-state index in [2.05, 4.69) is 20.7 Å². The van der Waals surface area contributed by atoms with Crippen molar-refractivity contribution >= 4 is 17.5 Å². The number of nitrogens with one attached hydrogen (secondary N) is 2. The normalized spacial score (nSPS) is 17.6. The first-order valence-corrected chi connectivity index (χ1v) is 9.84. The number of nitrogens with zero attached hydrogens (tertiary/aromatic N) is 3. The highest BCUT2D eigenvalue weighted by Crippen LogP contribution is 2.39. The van der Waals surface area contributed by atoms with Gasteiger partial charge in [-0.15, -0.1) is 0 Å². The number of allylic oxidation sites excluding steroid dienone is 1. The lowest BCUT2D eigenvalue weighted by molar-refractivity contribution is -0.113. The van der Waals surface area contributed by atoms with Gasteiger partial charge in [-0.2, -0.15) is 10.1 Å². The van der Waals surface area contributed by atoms with Gasteiger partial charge in [0, 0.05) is 17.8 Å². The van der Waals surface area contributed by atoms with E-state index in [1.807, 2.05) is 55.5 Å². The standard InChI is InChI=1S/C22H21N5O3/c1-14-19(21(28)26-16-6-3-2-4-7-16)20(27-22(25-14)23-13-24-27)15-8-9-17-18(12-15)30-11-5-10-29-17/h2-4,6-9,12-13,20H,5,10-11H2,1H3,(H,26,28)(H,23,24,25). The van der Waals surface area contributed by atoms with Crippen molar-refractivity contribution in [3.63, 3.8) is 0 Å². The molecule has 3 aromatic rings. The van der Waals surface area contributed by atoms with Crippen LogP contribution >= 0.6 is 0 Å². The van der Waals surface area contributed by atoms with Crippen molar-refractivity contribution in [3.05, 3.63) is 71.7 Å². The predicted molar refractivity (Wildman–Crippen MR) is 112 cm³/mol. The molecule has 5 rings (SSSR count). The molecule has 0 saturated carbocycles. The minimum absolute atomic E-state index is 0.204. The highest BCUT2D eigenvalue weighted by atomic mass is 16.5. The molecule has 1 aromatic heterocycles. The van der Waals surface area contributed by atoms with Crippen LogP contribution < -0.4 is 20.1 Å². The SMILES string of the molecule is CC1=C(C(=O)Nc2ccccc2)C(c2ccc3c(c2)OCCCO3)n2ncnc2N1. The summed E-state index contributed by atoms with van der Waals surface area (Å²) in [6, 6.07) is 14.7. The molecule has 1 amide bonds. The number of hydrogen-bond acceptors (Lipinski definition) is 6. The Bertz CT molecular complexity index is 1120. The zero-order valence-electron chi connectivity index (χ0n) is 16.5. The summed E-state index contributed by atoms with van der Waals surface area (Å²) in [4.78, 5) is 17.6. The van der Waals surface area contributed by atoms with Crippen molar-refractivity contribution in [3.8, 4) is 11.5 Å². The van der Waals surface area contributed by atoms with Gasteiger partial charge in [-0.05, 0) is 36.8 Å². The first kappa shape index (κ1) is 18.2. The highest BCUT2D eigenvalue weighted by Gasteiger charge is 2.34. The molecule has 2 aliphatic heterocycles. The number of ether oxygens (including phenoxy) is 2. The summed E-state index contributed by atoms with van der Waals surface area (Å²) in [5.74, 6) is 1.76. The van der Waals surface area contributed by atoms with E-state index in [-0.39, 0.29) is 5.91 Å². The summed E-state index contributed by atoms with van der Waals surface area (Å²) in [6.07, 6.45) is 2.30. The van der Waals surface area contributed by atoms with Gasteiger partial charge in [-0.25, -0.2) is 4.68 Å². The molecule has 8 nitrogen and oxygen atoms in total. The molecule has 3 heterocycles. The van der Waals surface area contributed by atoms with Gasteiger partial charge < -0.3 is 20.1 Å². The summed E-state index contributed by atoms with van der Waals surface area (Å²) in [6.45, 7) is 3.08. The van der Waals surface area contributed by atoms with Crippen LogP contribution in [0.1, 0.15) is 24.9 Å². The lowest BCUT2D eigenvalue weighted by atomic mass is 9.94. The van der Waals surface area contributed by atoms with E-state index < -0.39 is 6.04 Å². The summed E-state index contributed by atoms with van der Waals surface area (Å²) in [5.41, 5.74) is 2.88. The number of para-hydroxylation sites is 1. The number of benzene rings is 2. The average Bonchev–Trinajstić information content (AvgIpc) is 3.09. The molecule has 0 spiro atoms. The molecule has 1 unspecified atom stereocenters.